The minimum atomic E-state index is -2.26. The van der Waals surface area contributed by atoms with E-state index in [1.54, 1.807) is 43.4 Å². The van der Waals surface area contributed by atoms with Crippen LogP contribution in [0.2, 0.25) is 0 Å². The zero-order valence-electron chi connectivity index (χ0n) is 26.9. The monoisotopic (exact) mass is 683 g/mol. The van der Waals surface area contributed by atoms with Gasteiger partial charge in [0.15, 0.2) is 12.1 Å². The summed E-state index contributed by atoms with van der Waals surface area (Å²) in [6, 6.07) is -1.09. The fourth-order valence-corrected chi connectivity index (χ4v) is 5.61. The van der Waals surface area contributed by atoms with E-state index in [1.165, 1.54) is 6.08 Å². The number of hydrogen-bond donors (Lipinski definition) is 9. The van der Waals surface area contributed by atoms with Crippen molar-refractivity contribution in [2.24, 2.45) is 17.6 Å². The van der Waals surface area contributed by atoms with Gasteiger partial charge in [-0.15, -0.1) is 0 Å². The van der Waals surface area contributed by atoms with Crippen molar-refractivity contribution in [2.45, 2.75) is 113 Å². The molecule has 48 heavy (non-hydrogen) atoms. The van der Waals surface area contributed by atoms with Crippen LogP contribution in [0.1, 0.15) is 39.5 Å². The van der Waals surface area contributed by atoms with Crippen LogP contribution in [-0.2, 0) is 28.5 Å². The number of nitrogens with two attached hydrogens (primary N) is 1. The number of aliphatic carboxylic acids is 1. The third-order valence-corrected chi connectivity index (χ3v) is 8.55. The molecule has 2 saturated heterocycles. The predicted molar refractivity (Wildman–Crippen MR) is 168 cm³/mol. The highest BCUT2D eigenvalue weighted by molar-refractivity contribution is 5.82. The Balaban J connectivity index is 1.92. The first-order valence-corrected chi connectivity index (χ1v) is 15.9. The second-order valence-electron chi connectivity index (χ2n) is 12.5. The van der Waals surface area contributed by atoms with Crippen LogP contribution in [0.4, 0.5) is 0 Å². The summed E-state index contributed by atoms with van der Waals surface area (Å²) in [6.07, 6.45) is 0.335. The van der Waals surface area contributed by atoms with E-state index in [4.69, 9.17) is 24.7 Å². The molecule has 0 aromatic carbocycles. The fourth-order valence-electron chi connectivity index (χ4n) is 5.61. The van der Waals surface area contributed by atoms with Crippen molar-refractivity contribution in [1.29, 1.82) is 0 Å². The standard InChI is InChI=1S/C33H49NO14/c1-18-9-7-5-3-4-6-8-10-21(47-32-30(41)29(34)25(39)17-45-32)14-26-28(31(42)43)24(38)16-33(44,48-26)15-20(35)13-23(37)22(36)11-12-27(40)46-19(18)2/h3-12,18-26,28-30,32,35-39,41,44H,13-17,34H2,1-2H3,(H,42,43)/b5-3+,6-4+,9-7+,10-8+,12-11+/t18-,19?,20?,21?,22?,23?,24-,25?,26-,28?,29-,30-,32?,33-/m0/s1. The maximum Gasteiger partial charge on any atom is 0.330 e. The average Bonchev–Trinajstić information content (AvgIpc) is 2.99. The molecule has 15 nitrogen and oxygen atoms in total. The molecule has 10 N–H and O–H groups in total. The summed E-state index contributed by atoms with van der Waals surface area (Å²) in [6.45, 7) is 3.31. The van der Waals surface area contributed by atoms with E-state index in [-0.39, 0.29) is 18.9 Å². The number of aliphatic hydroxyl groups is 7. The molecule has 0 aromatic rings. The summed E-state index contributed by atoms with van der Waals surface area (Å²) < 4.78 is 22.5. The Morgan fingerprint density at radius 1 is 0.896 bits per heavy atom. The van der Waals surface area contributed by atoms with E-state index in [9.17, 15) is 50.4 Å². The van der Waals surface area contributed by atoms with E-state index in [1.807, 2.05) is 13.0 Å². The summed E-state index contributed by atoms with van der Waals surface area (Å²) in [4.78, 5) is 24.5. The van der Waals surface area contributed by atoms with Gasteiger partial charge in [-0.05, 0) is 13.0 Å². The highest BCUT2D eigenvalue weighted by Gasteiger charge is 2.50. The lowest BCUT2D eigenvalue weighted by atomic mass is 9.82. The number of fused-ring (bicyclic) bond motifs is 2. The van der Waals surface area contributed by atoms with Crippen molar-refractivity contribution in [3.8, 4) is 0 Å². The quantitative estimate of drug-likeness (QED) is 0.161. The molecule has 0 aliphatic carbocycles. The number of esters is 1. The van der Waals surface area contributed by atoms with Crippen LogP contribution in [0, 0.1) is 11.8 Å². The van der Waals surface area contributed by atoms with Crippen LogP contribution in [0.3, 0.4) is 0 Å². The van der Waals surface area contributed by atoms with Crippen LogP contribution in [0.25, 0.3) is 0 Å². The van der Waals surface area contributed by atoms with Gasteiger partial charge in [0.25, 0.3) is 0 Å². The Labute approximate surface area is 278 Å². The molecule has 0 spiro atoms. The van der Waals surface area contributed by atoms with E-state index >= 15 is 0 Å². The summed E-state index contributed by atoms with van der Waals surface area (Å²) in [7, 11) is 0. The SMILES string of the molecule is CC1OC(=O)/C=C/C(O)C(O)CC(O)C[C@@]2(O)C[C@H](O)C(C(=O)O)[C@H](CC(OC3OCC(O)[C@H](N)[C@@H]3O)/C=C/C=C/C=C/C=C/[C@@H]1C)O2. The lowest BCUT2D eigenvalue weighted by molar-refractivity contribution is -0.305. The van der Waals surface area contributed by atoms with Crippen molar-refractivity contribution in [3.05, 3.63) is 60.8 Å². The maximum atomic E-state index is 12.2. The van der Waals surface area contributed by atoms with E-state index in [0.717, 1.165) is 12.2 Å². The lowest BCUT2D eigenvalue weighted by Gasteiger charge is -2.45. The van der Waals surface area contributed by atoms with E-state index < -0.39 is 110 Å². The second kappa shape index (κ2) is 18.3. The highest BCUT2D eigenvalue weighted by Crippen LogP contribution is 2.38. The molecular weight excluding hydrogens is 634 g/mol. The zero-order valence-corrected chi connectivity index (χ0v) is 26.9. The topological polar surface area (TPSA) is 259 Å². The van der Waals surface area contributed by atoms with Crippen LogP contribution in [0.5, 0.6) is 0 Å². The maximum absolute atomic E-state index is 12.2. The summed E-state index contributed by atoms with van der Waals surface area (Å²) in [5.41, 5.74) is 5.87. The molecule has 0 amide bonds. The van der Waals surface area contributed by atoms with E-state index in [2.05, 4.69) is 0 Å². The molecule has 2 fully saturated rings. The van der Waals surface area contributed by atoms with Gasteiger partial charge >= 0.3 is 11.9 Å². The third-order valence-electron chi connectivity index (χ3n) is 8.55. The largest absolute Gasteiger partial charge is 0.481 e. The van der Waals surface area contributed by atoms with Crippen molar-refractivity contribution >= 4 is 11.9 Å². The Morgan fingerprint density at radius 3 is 2.21 bits per heavy atom. The van der Waals surface area contributed by atoms with Gasteiger partial charge in [0, 0.05) is 37.7 Å². The number of carboxylic acid groups (broad SMARTS) is 1. The van der Waals surface area contributed by atoms with Crippen LogP contribution < -0.4 is 5.73 Å². The zero-order chi connectivity index (χ0) is 35.6. The van der Waals surface area contributed by atoms with Gasteiger partial charge in [-0.25, -0.2) is 4.79 Å². The van der Waals surface area contributed by atoms with Gasteiger partial charge in [0.05, 0.1) is 55.4 Å². The van der Waals surface area contributed by atoms with Gasteiger partial charge in [0.1, 0.15) is 18.1 Å². The average molecular weight is 684 g/mol. The summed E-state index contributed by atoms with van der Waals surface area (Å²) in [5, 5.41) is 84.1. The molecule has 3 rings (SSSR count). The summed E-state index contributed by atoms with van der Waals surface area (Å²) in [5.74, 6) is -6.14. The third kappa shape index (κ3) is 11.7. The number of carbonyl (C=O) groups excluding carboxylic acids is 1. The number of aliphatic hydroxyl groups excluding tert-OH is 6. The smallest absolute Gasteiger partial charge is 0.330 e. The lowest BCUT2D eigenvalue weighted by Crippen LogP contribution is -2.59. The molecule has 0 saturated carbocycles. The molecule has 15 heteroatoms. The first-order valence-electron chi connectivity index (χ1n) is 15.9. The number of carbonyl (C=O) groups is 2. The van der Waals surface area contributed by atoms with Crippen molar-refractivity contribution in [3.63, 3.8) is 0 Å². The van der Waals surface area contributed by atoms with Crippen molar-refractivity contribution in [1.82, 2.24) is 0 Å². The van der Waals surface area contributed by atoms with Gasteiger partial charge in [-0.1, -0.05) is 55.5 Å². The summed E-state index contributed by atoms with van der Waals surface area (Å²) >= 11 is 0. The number of ether oxygens (including phenoxy) is 4. The van der Waals surface area contributed by atoms with Gasteiger partial charge in [-0.3, -0.25) is 4.79 Å². The first-order chi connectivity index (χ1) is 22.6. The number of carboxylic acids is 1. The molecule has 2 bridgehead atoms. The van der Waals surface area contributed by atoms with Crippen molar-refractivity contribution in [2.75, 3.05) is 6.61 Å². The Kier molecular flexibility index (Phi) is 15.1. The fraction of sp³-hybridized carbons (Fsp3) is 0.636. The highest BCUT2D eigenvalue weighted by atomic mass is 16.7. The van der Waals surface area contributed by atoms with Gasteiger partial charge in [0.2, 0.25) is 0 Å². The molecule has 8 unspecified atom stereocenters. The molecule has 3 aliphatic heterocycles. The Morgan fingerprint density at radius 2 is 1.54 bits per heavy atom. The minimum Gasteiger partial charge on any atom is -0.481 e. The molecule has 0 radical (unpaired) electrons. The molecule has 270 valence electrons. The minimum absolute atomic E-state index is 0.169. The van der Waals surface area contributed by atoms with Crippen molar-refractivity contribution < 1.29 is 69.4 Å². The Hall–Kier alpha value is -2.80. The van der Waals surface area contributed by atoms with Crippen LogP contribution in [0.15, 0.2) is 60.8 Å². The van der Waals surface area contributed by atoms with Gasteiger partial charge in [-0.2, -0.15) is 0 Å². The molecule has 14 atom stereocenters. The number of cyclic esters (lactones) is 1. The van der Waals surface area contributed by atoms with Crippen LogP contribution >= 0.6 is 0 Å². The second-order valence-corrected chi connectivity index (χ2v) is 12.5. The molecule has 0 aromatic heterocycles. The molecule has 3 heterocycles. The molecule has 3 aliphatic rings. The predicted octanol–water partition coefficient (Wildman–Crippen LogP) is -1.07. The van der Waals surface area contributed by atoms with Gasteiger partial charge < -0.3 is 65.5 Å². The van der Waals surface area contributed by atoms with E-state index in [0.29, 0.717) is 0 Å². The number of rotatable bonds is 3. The van der Waals surface area contributed by atoms with Crippen LogP contribution in [-0.4, -0.2) is 132 Å². The number of allylic oxidation sites excluding steroid dienone is 6. The number of hydrogen-bond acceptors (Lipinski definition) is 14. The first kappa shape index (κ1) is 39.6. The normalized spacial score (nSPS) is 45.9. The molecular formula is C33H49NO14. The Bertz CT molecular complexity index is 1200.